The fraction of sp³-hybridized carbons (Fsp3) is 0.875. The molecule has 0 saturated heterocycles. The number of carbonyl (C=O) groups is 1. The first-order valence-electron chi connectivity index (χ1n) is 4.91. The molecule has 0 aromatic carbocycles. The number of carboxylic acids is 1. The molecule has 0 aromatic heterocycles. The van der Waals surface area contributed by atoms with Gasteiger partial charge >= 0.3 is 19.1 Å². The zero-order valence-corrected chi connectivity index (χ0v) is 9.89. The van der Waals surface area contributed by atoms with Crippen LogP contribution in [0.25, 0.3) is 0 Å². The Balaban J connectivity index is 4.27. The van der Waals surface area contributed by atoms with Gasteiger partial charge < -0.3 is 24.7 Å². The van der Waals surface area contributed by atoms with Crippen molar-refractivity contribution in [3.63, 3.8) is 0 Å². The van der Waals surface area contributed by atoms with E-state index in [4.69, 9.17) is 14.9 Å². The molecule has 0 radical (unpaired) electrons. The van der Waals surface area contributed by atoms with Gasteiger partial charge in [-0.1, -0.05) is 26.2 Å². The molecule has 0 saturated carbocycles. The van der Waals surface area contributed by atoms with Crippen molar-refractivity contribution in [2.75, 3.05) is 6.61 Å². The summed E-state index contributed by atoms with van der Waals surface area (Å²) in [5.74, 6) is -2.09. The summed E-state index contributed by atoms with van der Waals surface area (Å²) in [7, 11) is -5.27. The van der Waals surface area contributed by atoms with Crippen LogP contribution in [0.15, 0.2) is 0 Å². The van der Waals surface area contributed by atoms with E-state index in [1.54, 1.807) is 0 Å². The van der Waals surface area contributed by atoms with Crippen molar-refractivity contribution in [1.29, 1.82) is 0 Å². The summed E-state index contributed by atoms with van der Waals surface area (Å²) in [6.45, 7) is 1.76. The maximum absolute atomic E-state index is 10.8. The molecule has 16 heavy (non-hydrogen) atoms. The van der Waals surface area contributed by atoms with E-state index in [0.717, 1.165) is 19.3 Å². The first-order valence-corrected chi connectivity index (χ1v) is 6.52. The zero-order chi connectivity index (χ0) is 12.8. The van der Waals surface area contributed by atoms with E-state index in [1.807, 2.05) is 6.92 Å². The lowest BCUT2D eigenvalue weighted by molar-refractivity contribution is -0.196. The molecule has 0 aliphatic heterocycles. The Morgan fingerprint density at radius 2 is 1.88 bits per heavy atom. The molecule has 0 fully saturated rings. The number of ether oxygens (including phenoxy) is 1. The van der Waals surface area contributed by atoms with E-state index in [1.165, 1.54) is 0 Å². The van der Waals surface area contributed by atoms with Crippen molar-refractivity contribution >= 4 is 13.6 Å². The second-order valence-corrected chi connectivity index (χ2v) is 5.06. The number of unbranched alkanes of at least 4 members (excludes halogenated alkanes) is 3. The van der Waals surface area contributed by atoms with Gasteiger partial charge in [0.1, 0.15) is 0 Å². The minimum absolute atomic E-state index is 0.214. The van der Waals surface area contributed by atoms with Gasteiger partial charge in [-0.05, 0) is 6.42 Å². The normalized spacial score (nSPS) is 15.8. The number of aliphatic carboxylic acids is 1. The van der Waals surface area contributed by atoms with Gasteiger partial charge in [-0.2, -0.15) is 0 Å². The van der Waals surface area contributed by atoms with Crippen LogP contribution in [0.2, 0.25) is 0 Å². The van der Waals surface area contributed by atoms with Crippen LogP contribution in [0.3, 0.4) is 0 Å². The molecule has 0 bridgehead atoms. The maximum Gasteiger partial charge on any atom is 0.396 e. The lowest BCUT2D eigenvalue weighted by Gasteiger charge is -2.23. The summed E-state index contributed by atoms with van der Waals surface area (Å²) in [5.41, 5.74) is -3.43. The minimum atomic E-state index is -5.27. The van der Waals surface area contributed by atoms with E-state index >= 15 is 0 Å². The number of aliphatic hydroxyl groups is 1. The van der Waals surface area contributed by atoms with Crippen LogP contribution < -0.4 is 0 Å². The quantitative estimate of drug-likeness (QED) is 0.283. The molecule has 0 aliphatic carbocycles. The third-order valence-electron chi connectivity index (χ3n) is 1.97. The molecule has 0 heterocycles. The first-order chi connectivity index (χ1) is 7.25. The Hall–Kier alpha value is -0.460. The van der Waals surface area contributed by atoms with Gasteiger partial charge in [-0.25, -0.2) is 4.79 Å². The number of hydrogen-bond donors (Lipinski definition) is 4. The molecule has 1 atom stereocenters. The molecule has 0 rings (SSSR count). The van der Waals surface area contributed by atoms with Gasteiger partial charge in [0, 0.05) is 0 Å². The number of carboxylic acid groups (broad SMARTS) is 1. The molecular formula is C8H17O7P. The van der Waals surface area contributed by atoms with E-state index in [9.17, 15) is 14.5 Å². The second-order valence-electron chi connectivity index (χ2n) is 3.37. The third-order valence-corrected chi connectivity index (χ3v) is 3.08. The van der Waals surface area contributed by atoms with Crippen LogP contribution >= 0.6 is 7.60 Å². The summed E-state index contributed by atoms with van der Waals surface area (Å²) in [5, 5.41) is 17.7. The Labute approximate surface area is 93.2 Å². The highest BCUT2D eigenvalue weighted by atomic mass is 31.2. The highest BCUT2D eigenvalue weighted by Crippen LogP contribution is 2.49. The molecule has 8 heteroatoms. The Bertz CT molecular complexity index is 274. The van der Waals surface area contributed by atoms with Gasteiger partial charge in [0.25, 0.3) is 0 Å². The Morgan fingerprint density at radius 1 is 1.31 bits per heavy atom. The van der Waals surface area contributed by atoms with Crippen LogP contribution in [-0.2, 0) is 14.1 Å². The molecule has 4 N–H and O–H groups in total. The molecule has 7 nitrogen and oxygen atoms in total. The van der Waals surface area contributed by atoms with Crippen molar-refractivity contribution < 1.29 is 34.1 Å². The average Bonchev–Trinajstić information content (AvgIpc) is 2.15. The monoisotopic (exact) mass is 256 g/mol. The van der Waals surface area contributed by atoms with Crippen LogP contribution in [0, 0.1) is 0 Å². The lowest BCUT2D eigenvalue weighted by atomic mass is 10.2. The topological polar surface area (TPSA) is 124 Å². The molecule has 0 aromatic rings. The SMILES string of the molecule is CCCCCCOC(O)(C(=O)O)P(=O)(O)O. The predicted molar refractivity (Wildman–Crippen MR) is 54.7 cm³/mol. The van der Waals surface area contributed by atoms with E-state index in [-0.39, 0.29) is 6.61 Å². The van der Waals surface area contributed by atoms with E-state index in [2.05, 4.69) is 4.74 Å². The van der Waals surface area contributed by atoms with Crippen molar-refractivity contribution in [2.24, 2.45) is 0 Å². The Morgan fingerprint density at radius 3 is 2.25 bits per heavy atom. The van der Waals surface area contributed by atoms with Gasteiger partial charge in [0.2, 0.25) is 0 Å². The van der Waals surface area contributed by atoms with E-state index in [0.29, 0.717) is 6.42 Å². The van der Waals surface area contributed by atoms with Crippen molar-refractivity contribution in [2.45, 2.75) is 38.1 Å². The van der Waals surface area contributed by atoms with Gasteiger partial charge in [0.05, 0.1) is 6.61 Å². The van der Waals surface area contributed by atoms with Crippen molar-refractivity contribution in [1.82, 2.24) is 0 Å². The van der Waals surface area contributed by atoms with Gasteiger partial charge in [0.15, 0.2) is 0 Å². The van der Waals surface area contributed by atoms with Crippen LogP contribution in [0.4, 0.5) is 0 Å². The summed E-state index contributed by atoms with van der Waals surface area (Å²) in [4.78, 5) is 27.9. The fourth-order valence-electron chi connectivity index (χ4n) is 1.01. The number of hydrogen-bond acceptors (Lipinski definition) is 4. The van der Waals surface area contributed by atoms with E-state index < -0.39 is 19.1 Å². The van der Waals surface area contributed by atoms with Crippen LogP contribution in [0.5, 0.6) is 0 Å². The van der Waals surface area contributed by atoms with Crippen molar-refractivity contribution in [3.8, 4) is 0 Å². The maximum atomic E-state index is 10.8. The summed E-state index contributed by atoms with van der Waals surface area (Å²) >= 11 is 0. The molecule has 0 spiro atoms. The second kappa shape index (κ2) is 6.32. The summed E-state index contributed by atoms with van der Waals surface area (Å²) in [6.07, 6.45) is 3.04. The van der Waals surface area contributed by atoms with Crippen LogP contribution in [0.1, 0.15) is 32.6 Å². The largest absolute Gasteiger partial charge is 0.477 e. The molecule has 96 valence electrons. The summed E-state index contributed by atoms with van der Waals surface area (Å²) < 4.78 is 15.1. The molecule has 1 unspecified atom stereocenters. The molecule has 0 aliphatic rings. The van der Waals surface area contributed by atoms with Gasteiger partial charge in [-0.3, -0.25) is 4.57 Å². The van der Waals surface area contributed by atoms with Crippen molar-refractivity contribution in [3.05, 3.63) is 0 Å². The zero-order valence-electron chi connectivity index (χ0n) is 9.00. The third kappa shape index (κ3) is 4.19. The number of rotatable bonds is 8. The minimum Gasteiger partial charge on any atom is -0.477 e. The lowest BCUT2D eigenvalue weighted by Crippen LogP contribution is -2.41. The first kappa shape index (κ1) is 15.5. The van der Waals surface area contributed by atoms with Crippen LogP contribution in [-0.4, -0.2) is 38.1 Å². The molecular weight excluding hydrogens is 239 g/mol. The highest BCUT2D eigenvalue weighted by molar-refractivity contribution is 7.54. The predicted octanol–water partition coefficient (Wildman–Crippen LogP) is 0.492. The average molecular weight is 256 g/mol. The Kier molecular flexibility index (Phi) is 6.14. The fourth-order valence-corrected chi connectivity index (χ4v) is 1.52. The summed E-state index contributed by atoms with van der Waals surface area (Å²) in [6, 6.07) is 0. The highest BCUT2D eigenvalue weighted by Gasteiger charge is 2.54. The molecule has 0 amide bonds. The smallest absolute Gasteiger partial charge is 0.396 e. The standard InChI is InChI=1S/C8H17O7P/c1-2-3-4-5-6-15-8(11,7(9)10)16(12,13)14/h11H,2-6H2,1H3,(H,9,10)(H2,12,13,14). The van der Waals surface area contributed by atoms with Gasteiger partial charge in [-0.15, -0.1) is 0 Å².